The lowest BCUT2D eigenvalue weighted by atomic mass is 9.95. The summed E-state index contributed by atoms with van der Waals surface area (Å²) in [7, 11) is 0. The van der Waals surface area contributed by atoms with Crippen molar-refractivity contribution in [1.82, 2.24) is 0 Å². The van der Waals surface area contributed by atoms with Gasteiger partial charge in [0.1, 0.15) is 0 Å². The molecule has 2 heteroatoms. The minimum Gasteiger partial charge on any atom is -0.143 e. The third-order valence-electron chi connectivity index (χ3n) is 3.17. The number of alkyl halides is 1. The van der Waals surface area contributed by atoms with E-state index in [0.29, 0.717) is 0 Å². The normalized spacial score (nSPS) is 13.5. The zero-order valence-corrected chi connectivity index (χ0v) is 13.6. The largest absolute Gasteiger partial charge is 0.143 e. The molecule has 0 spiro atoms. The molecule has 19 heavy (non-hydrogen) atoms. The molecule has 102 valence electrons. The predicted octanol–water partition coefficient (Wildman–Crippen LogP) is 5.88. The highest BCUT2D eigenvalue weighted by atomic mass is 35.5. The second-order valence-corrected chi connectivity index (χ2v) is 7.75. The summed E-state index contributed by atoms with van der Waals surface area (Å²) in [5.41, 5.74) is 2.82. The molecule has 0 saturated heterocycles. The first-order valence-corrected chi connectivity index (χ1v) is 7.91. The third kappa shape index (κ3) is 3.84. The Balaban J connectivity index is 2.12. The number of thiophene rings is 1. The average molecular weight is 293 g/mol. The standard InChI is InChI=1S/C17H21ClS/c1-12-6-5-7-13(10-12)11-14(18)15-8-9-16(19-15)17(2,3)4/h5-10,14H,11H2,1-4H3. The first kappa shape index (κ1) is 14.6. The van der Waals surface area contributed by atoms with Crippen LogP contribution >= 0.6 is 22.9 Å². The van der Waals surface area contributed by atoms with Gasteiger partial charge in [-0.15, -0.1) is 22.9 Å². The Morgan fingerprint density at radius 3 is 2.47 bits per heavy atom. The van der Waals surface area contributed by atoms with Gasteiger partial charge >= 0.3 is 0 Å². The van der Waals surface area contributed by atoms with Gasteiger partial charge in [-0.25, -0.2) is 0 Å². The number of hydrogen-bond acceptors (Lipinski definition) is 1. The Kier molecular flexibility index (Phi) is 4.37. The van der Waals surface area contributed by atoms with Crippen LogP contribution < -0.4 is 0 Å². The van der Waals surface area contributed by atoms with Gasteiger partial charge in [0.05, 0.1) is 5.38 Å². The van der Waals surface area contributed by atoms with Crippen LogP contribution in [0.3, 0.4) is 0 Å². The zero-order chi connectivity index (χ0) is 14.0. The molecule has 0 saturated carbocycles. The molecular formula is C17H21ClS. The summed E-state index contributed by atoms with van der Waals surface area (Å²) < 4.78 is 0. The van der Waals surface area contributed by atoms with E-state index in [9.17, 15) is 0 Å². The number of hydrogen-bond donors (Lipinski definition) is 0. The molecule has 0 amide bonds. The second-order valence-electron chi connectivity index (χ2n) is 6.11. The van der Waals surface area contributed by atoms with Crippen molar-refractivity contribution in [3.63, 3.8) is 0 Å². The van der Waals surface area contributed by atoms with Crippen LogP contribution in [0, 0.1) is 6.92 Å². The molecule has 0 bridgehead atoms. The maximum Gasteiger partial charge on any atom is 0.0718 e. The van der Waals surface area contributed by atoms with Crippen molar-refractivity contribution >= 4 is 22.9 Å². The van der Waals surface area contributed by atoms with E-state index in [-0.39, 0.29) is 10.8 Å². The van der Waals surface area contributed by atoms with Crippen LogP contribution in [0.15, 0.2) is 36.4 Å². The molecule has 0 N–H and O–H groups in total. The highest BCUT2D eigenvalue weighted by molar-refractivity contribution is 7.12. The topological polar surface area (TPSA) is 0 Å². The van der Waals surface area contributed by atoms with E-state index in [1.807, 2.05) is 11.3 Å². The SMILES string of the molecule is Cc1cccc(CC(Cl)c2ccc(C(C)(C)C)s2)c1. The van der Waals surface area contributed by atoms with E-state index in [2.05, 4.69) is 64.1 Å². The van der Waals surface area contributed by atoms with E-state index >= 15 is 0 Å². The van der Waals surface area contributed by atoms with Gasteiger partial charge in [0, 0.05) is 9.75 Å². The molecule has 1 unspecified atom stereocenters. The van der Waals surface area contributed by atoms with Crippen LogP contribution in [0.4, 0.5) is 0 Å². The van der Waals surface area contributed by atoms with Gasteiger partial charge in [-0.1, -0.05) is 50.6 Å². The molecule has 1 aromatic heterocycles. The highest BCUT2D eigenvalue weighted by Gasteiger charge is 2.19. The molecule has 0 fully saturated rings. The van der Waals surface area contributed by atoms with E-state index < -0.39 is 0 Å². The quantitative estimate of drug-likeness (QED) is 0.620. The lowest BCUT2D eigenvalue weighted by molar-refractivity contribution is 0.604. The van der Waals surface area contributed by atoms with Gasteiger partial charge in [-0.3, -0.25) is 0 Å². The summed E-state index contributed by atoms with van der Waals surface area (Å²) in [6.07, 6.45) is 0.896. The molecule has 0 aliphatic rings. The van der Waals surface area contributed by atoms with Gasteiger partial charge in [0.2, 0.25) is 0 Å². The van der Waals surface area contributed by atoms with Crippen LogP contribution in [-0.4, -0.2) is 0 Å². The molecule has 2 rings (SSSR count). The maximum atomic E-state index is 6.57. The highest BCUT2D eigenvalue weighted by Crippen LogP contribution is 2.36. The first-order valence-electron chi connectivity index (χ1n) is 6.66. The fourth-order valence-electron chi connectivity index (χ4n) is 2.07. The van der Waals surface area contributed by atoms with Crippen LogP contribution in [0.5, 0.6) is 0 Å². The van der Waals surface area contributed by atoms with Crippen LogP contribution in [0.25, 0.3) is 0 Å². The van der Waals surface area contributed by atoms with Gasteiger partial charge in [-0.2, -0.15) is 0 Å². The molecule has 0 aliphatic heterocycles. The van der Waals surface area contributed by atoms with Gasteiger partial charge in [0.25, 0.3) is 0 Å². The molecule has 0 nitrogen and oxygen atoms in total. The minimum atomic E-state index is 0.0721. The number of aryl methyl sites for hydroxylation is 1. The lowest BCUT2D eigenvalue weighted by Gasteiger charge is -2.15. The summed E-state index contributed by atoms with van der Waals surface area (Å²) >= 11 is 8.41. The van der Waals surface area contributed by atoms with Crippen LogP contribution in [-0.2, 0) is 11.8 Å². The van der Waals surface area contributed by atoms with Crippen molar-refractivity contribution in [1.29, 1.82) is 0 Å². The second kappa shape index (κ2) is 5.68. The van der Waals surface area contributed by atoms with E-state index in [1.165, 1.54) is 20.9 Å². The molecule has 0 radical (unpaired) electrons. The number of benzene rings is 1. The minimum absolute atomic E-state index is 0.0721. The van der Waals surface area contributed by atoms with Gasteiger partial charge in [0.15, 0.2) is 0 Å². The first-order chi connectivity index (χ1) is 8.86. The Labute approximate surface area is 125 Å². The smallest absolute Gasteiger partial charge is 0.0718 e. The van der Waals surface area contributed by atoms with E-state index in [4.69, 9.17) is 11.6 Å². The molecular weight excluding hydrogens is 272 g/mol. The average Bonchev–Trinajstić information content (AvgIpc) is 2.77. The molecule has 1 atom stereocenters. The third-order valence-corrected chi connectivity index (χ3v) is 5.32. The summed E-state index contributed by atoms with van der Waals surface area (Å²) in [6.45, 7) is 8.85. The van der Waals surface area contributed by atoms with Crippen LogP contribution in [0.1, 0.15) is 47.0 Å². The predicted molar refractivity (Wildman–Crippen MR) is 86.5 cm³/mol. The van der Waals surface area contributed by atoms with Crippen molar-refractivity contribution in [2.45, 2.75) is 44.9 Å². The maximum absolute atomic E-state index is 6.57. The Bertz CT molecular complexity index is 548. The fraction of sp³-hybridized carbons (Fsp3) is 0.412. The van der Waals surface area contributed by atoms with E-state index in [1.54, 1.807) is 0 Å². The number of rotatable bonds is 3. The van der Waals surface area contributed by atoms with Crippen molar-refractivity contribution in [3.8, 4) is 0 Å². The van der Waals surface area contributed by atoms with Crippen molar-refractivity contribution in [2.24, 2.45) is 0 Å². The van der Waals surface area contributed by atoms with Gasteiger partial charge < -0.3 is 0 Å². The summed E-state index contributed by atoms with van der Waals surface area (Å²) in [6, 6.07) is 13.0. The summed E-state index contributed by atoms with van der Waals surface area (Å²) in [5.74, 6) is 0. The van der Waals surface area contributed by atoms with Crippen LogP contribution in [0.2, 0.25) is 0 Å². The number of halogens is 1. The fourth-order valence-corrected chi connectivity index (χ4v) is 3.50. The van der Waals surface area contributed by atoms with Crippen molar-refractivity contribution in [2.75, 3.05) is 0 Å². The monoisotopic (exact) mass is 292 g/mol. The van der Waals surface area contributed by atoms with Crippen molar-refractivity contribution in [3.05, 3.63) is 57.3 Å². The lowest BCUT2D eigenvalue weighted by Crippen LogP contribution is -2.07. The Hall–Kier alpha value is -0.790. The molecule has 2 aromatic rings. The molecule has 1 heterocycles. The summed E-state index contributed by atoms with van der Waals surface area (Å²) in [4.78, 5) is 2.67. The summed E-state index contributed by atoms with van der Waals surface area (Å²) in [5, 5.41) is 0.0721. The zero-order valence-electron chi connectivity index (χ0n) is 12.0. The van der Waals surface area contributed by atoms with Gasteiger partial charge in [-0.05, 0) is 36.5 Å². The van der Waals surface area contributed by atoms with E-state index in [0.717, 1.165) is 6.42 Å². The molecule has 0 aliphatic carbocycles. The molecule has 1 aromatic carbocycles. The van der Waals surface area contributed by atoms with Crippen molar-refractivity contribution < 1.29 is 0 Å². The Morgan fingerprint density at radius 2 is 1.89 bits per heavy atom. The Morgan fingerprint density at radius 1 is 1.16 bits per heavy atom.